The van der Waals surface area contributed by atoms with Crippen LogP contribution in [0, 0.1) is 0 Å². The molecule has 1 amide bonds. The van der Waals surface area contributed by atoms with Gasteiger partial charge in [0.1, 0.15) is 0 Å². The van der Waals surface area contributed by atoms with E-state index in [9.17, 15) is 4.79 Å². The van der Waals surface area contributed by atoms with Crippen LogP contribution < -0.4 is 5.73 Å². The van der Waals surface area contributed by atoms with Gasteiger partial charge in [-0.15, -0.1) is 0 Å². The molecule has 0 heterocycles. The lowest BCUT2D eigenvalue weighted by Crippen LogP contribution is -2.45. The number of likely N-dealkylation sites (N-methyl/N-ethyl adjacent to an activating group) is 1. The van der Waals surface area contributed by atoms with Gasteiger partial charge < -0.3 is 15.4 Å². The smallest absolute Gasteiger partial charge is 0.239 e. The lowest BCUT2D eigenvalue weighted by Gasteiger charge is -2.25. The average Bonchev–Trinajstić information content (AvgIpc) is 2.02. The van der Waals surface area contributed by atoms with Crippen LogP contribution in [-0.2, 0) is 9.53 Å². The predicted octanol–water partition coefficient (Wildman–Crippen LogP) is -0.173. The summed E-state index contributed by atoms with van der Waals surface area (Å²) in [7, 11) is 3.34. The summed E-state index contributed by atoms with van der Waals surface area (Å²) in [6.45, 7) is 4.14. The summed E-state index contributed by atoms with van der Waals surface area (Å²) >= 11 is 0. The van der Waals surface area contributed by atoms with Gasteiger partial charge in [-0.05, 0) is 13.8 Å². The molecular formula is C8H18N2O2. The zero-order valence-electron chi connectivity index (χ0n) is 8.20. The molecule has 0 aromatic carbocycles. The number of carbonyl (C=O) groups excluding carboxylic acids is 1. The molecule has 0 fully saturated rings. The summed E-state index contributed by atoms with van der Waals surface area (Å²) in [6.07, 6.45) is 0. The molecule has 72 valence electrons. The molecule has 4 heteroatoms. The van der Waals surface area contributed by atoms with Gasteiger partial charge in [0.2, 0.25) is 5.91 Å². The van der Waals surface area contributed by atoms with Crippen molar-refractivity contribution in [2.45, 2.75) is 25.9 Å². The Balaban J connectivity index is 4.00. The number of hydrogen-bond acceptors (Lipinski definition) is 3. The van der Waals surface area contributed by atoms with E-state index in [4.69, 9.17) is 10.5 Å². The van der Waals surface area contributed by atoms with Crippen molar-refractivity contribution in [1.29, 1.82) is 0 Å². The summed E-state index contributed by atoms with van der Waals surface area (Å²) < 4.78 is 4.92. The topological polar surface area (TPSA) is 55.6 Å². The van der Waals surface area contributed by atoms with Crippen LogP contribution in [0.4, 0.5) is 0 Å². The lowest BCUT2D eigenvalue weighted by molar-refractivity contribution is -0.133. The third-order valence-corrected chi connectivity index (χ3v) is 1.81. The van der Waals surface area contributed by atoms with Gasteiger partial charge in [0, 0.05) is 14.2 Å². The van der Waals surface area contributed by atoms with Crippen LogP contribution in [0.3, 0.4) is 0 Å². The van der Waals surface area contributed by atoms with Crippen molar-refractivity contribution in [3.8, 4) is 0 Å². The molecule has 12 heavy (non-hydrogen) atoms. The molecule has 2 atom stereocenters. The Labute approximate surface area is 73.7 Å². The van der Waals surface area contributed by atoms with Crippen molar-refractivity contribution in [3.63, 3.8) is 0 Å². The third kappa shape index (κ3) is 3.19. The SMILES string of the molecule is COCC(C)N(C)C(=O)[C@@H](C)N. The summed E-state index contributed by atoms with van der Waals surface area (Å²) in [5.74, 6) is -0.0560. The molecule has 0 radical (unpaired) electrons. The minimum atomic E-state index is -0.436. The molecule has 1 unspecified atom stereocenters. The van der Waals surface area contributed by atoms with Crippen molar-refractivity contribution < 1.29 is 9.53 Å². The van der Waals surface area contributed by atoms with Crippen LogP contribution in [0.1, 0.15) is 13.8 Å². The van der Waals surface area contributed by atoms with E-state index in [-0.39, 0.29) is 11.9 Å². The normalized spacial score (nSPS) is 15.4. The average molecular weight is 174 g/mol. The van der Waals surface area contributed by atoms with Crippen molar-refractivity contribution in [1.82, 2.24) is 4.90 Å². The van der Waals surface area contributed by atoms with Crippen molar-refractivity contribution in [2.75, 3.05) is 20.8 Å². The molecular weight excluding hydrogens is 156 g/mol. The second kappa shape index (κ2) is 5.11. The highest BCUT2D eigenvalue weighted by Gasteiger charge is 2.18. The molecule has 0 aliphatic heterocycles. The molecule has 0 saturated heterocycles. The first-order valence-corrected chi connectivity index (χ1v) is 4.02. The fourth-order valence-electron chi connectivity index (χ4n) is 0.891. The largest absolute Gasteiger partial charge is 0.383 e. The van der Waals surface area contributed by atoms with E-state index < -0.39 is 6.04 Å². The molecule has 0 aromatic heterocycles. The zero-order valence-corrected chi connectivity index (χ0v) is 8.20. The number of carbonyl (C=O) groups is 1. The quantitative estimate of drug-likeness (QED) is 0.643. The van der Waals surface area contributed by atoms with Crippen molar-refractivity contribution in [3.05, 3.63) is 0 Å². The van der Waals surface area contributed by atoms with Crippen molar-refractivity contribution in [2.24, 2.45) is 5.73 Å². The molecule has 0 bridgehead atoms. The monoisotopic (exact) mass is 174 g/mol. The van der Waals surface area contributed by atoms with Gasteiger partial charge in [-0.1, -0.05) is 0 Å². The fourth-order valence-corrected chi connectivity index (χ4v) is 0.891. The summed E-state index contributed by atoms with van der Waals surface area (Å²) in [4.78, 5) is 12.9. The highest BCUT2D eigenvalue weighted by atomic mass is 16.5. The van der Waals surface area contributed by atoms with Crippen LogP contribution in [0.2, 0.25) is 0 Å². The Hall–Kier alpha value is -0.610. The first-order valence-electron chi connectivity index (χ1n) is 4.02. The maximum Gasteiger partial charge on any atom is 0.239 e. The maximum absolute atomic E-state index is 11.3. The maximum atomic E-state index is 11.3. The third-order valence-electron chi connectivity index (χ3n) is 1.81. The predicted molar refractivity (Wildman–Crippen MR) is 47.8 cm³/mol. The van der Waals surface area contributed by atoms with E-state index >= 15 is 0 Å². The molecule has 0 aliphatic rings. The number of amides is 1. The van der Waals surface area contributed by atoms with Gasteiger partial charge in [0.15, 0.2) is 0 Å². The van der Waals surface area contributed by atoms with Crippen LogP contribution in [0.15, 0.2) is 0 Å². The Bertz CT molecular complexity index is 148. The number of nitrogens with zero attached hydrogens (tertiary/aromatic N) is 1. The highest BCUT2D eigenvalue weighted by molar-refractivity contribution is 5.81. The number of ether oxygens (including phenoxy) is 1. The van der Waals surface area contributed by atoms with Crippen LogP contribution in [0.25, 0.3) is 0 Å². The van der Waals surface area contributed by atoms with E-state index in [1.165, 1.54) is 0 Å². The van der Waals surface area contributed by atoms with Crippen LogP contribution in [-0.4, -0.2) is 43.7 Å². The van der Waals surface area contributed by atoms with E-state index in [2.05, 4.69) is 0 Å². The van der Waals surface area contributed by atoms with Gasteiger partial charge in [-0.2, -0.15) is 0 Å². The second-order valence-corrected chi connectivity index (χ2v) is 3.04. The van der Waals surface area contributed by atoms with Gasteiger partial charge in [-0.3, -0.25) is 4.79 Å². The molecule has 4 nitrogen and oxygen atoms in total. The van der Waals surface area contributed by atoms with Crippen LogP contribution in [0.5, 0.6) is 0 Å². The van der Waals surface area contributed by atoms with Gasteiger partial charge in [-0.25, -0.2) is 0 Å². The molecule has 0 saturated carbocycles. The molecule has 0 aromatic rings. The van der Waals surface area contributed by atoms with Gasteiger partial charge in [0.05, 0.1) is 18.7 Å². The standard InChI is InChI=1S/C8H18N2O2/c1-6(5-12-4)10(3)8(11)7(2)9/h6-7H,5,9H2,1-4H3/t6?,7-/m1/s1. The molecule has 0 spiro atoms. The van der Waals surface area contributed by atoms with E-state index in [0.717, 1.165) is 0 Å². The number of hydrogen-bond donors (Lipinski definition) is 1. The summed E-state index contributed by atoms with van der Waals surface area (Å²) in [5.41, 5.74) is 5.44. The lowest BCUT2D eigenvalue weighted by atomic mass is 10.2. The highest BCUT2D eigenvalue weighted by Crippen LogP contribution is 1.98. The van der Waals surface area contributed by atoms with E-state index in [0.29, 0.717) is 6.61 Å². The Morgan fingerprint density at radius 1 is 1.58 bits per heavy atom. The second-order valence-electron chi connectivity index (χ2n) is 3.04. The minimum Gasteiger partial charge on any atom is -0.383 e. The number of methoxy groups -OCH3 is 1. The Morgan fingerprint density at radius 3 is 2.42 bits per heavy atom. The molecule has 2 N–H and O–H groups in total. The summed E-state index contributed by atoms with van der Waals surface area (Å²) in [6, 6.07) is -0.359. The number of rotatable bonds is 4. The van der Waals surface area contributed by atoms with Gasteiger partial charge >= 0.3 is 0 Å². The van der Waals surface area contributed by atoms with E-state index in [1.54, 1.807) is 26.0 Å². The summed E-state index contributed by atoms with van der Waals surface area (Å²) in [5, 5.41) is 0. The molecule has 0 aliphatic carbocycles. The van der Waals surface area contributed by atoms with Gasteiger partial charge in [0.25, 0.3) is 0 Å². The molecule has 0 rings (SSSR count). The first-order chi connectivity index (χ1) is 5.50. The first kappa shape index (κ1) is 11.4. The zero-order chi connectivity index (χ0) is 9.72. The Morgan fingerprint density at radius 2 is 2.08 bits per heavy atom. The minimum absolute atomic E-state index is 0.0560. The fraction of sp³-hybridized carbons (Fsp3) is 0.875. The number of nitrogens with two attached hydrogens (primary N) is 1. The Kier molecular flexibility index (Phi) is 4.85. The van der Waals surface area contributed by atoms with Crippen molar-refractivity contribution >= 4 is 5.91 Å². The van der Waals surface area contributed by atoms with Crippen LogP contribution >= 0.6 is 0 Å². The van der Waals surface area contributed by atoms with E-state index in [1.807, 2.05) is 6.92 Å².